The molecule has 1 aliphatic rings. The van der Waals surface area contributed by atoms with E-state index in [2.05, 4.69) is 0 Å². The first kappa shape index (κ1) is 23.3. The van der Waals surface area contributed by atoms with Gasteiger partial charge in [0.1, 0.15) is 17.3 Å². The first-order chi connectivity index (χ1) is 15.3. The number of methoxy groups -OCH3 is 1. The fraction of sp³-hybridized carbons (Fsp3) is 0.360. The summed E-state index contributed by atoms with van der Waals surface area (Å²) >= 11 is 0. The smallest absolute Gasteiger partial charge is 0.295 e. The minimum atomic E-state index is -0.688. The van der Waals surface area contributed by atoms with Gasteiger partial charge in [0.25, 0.3) is 11.7 Å². The summed E-state index contributed by atoms with van der Waals surface area (Å²) in [5.41, 5.74) is 2.07. The predicted molar refractivity (Wildman–Crippen MR) is 123 cm³/mol. The summed E-state index contributed by atoms with van der Waals surface area (Å²) in [6.45, 7) is 5.20. The standard InChI is InChI=1S/C25H30N2O5/c1-6-32-19-11-12-20(16(2)15-19)23(28)21-22(17-7-9-18(31-5)10-8-17)27(14-13-26(3)4)25(30)24(21)29/h7-12,15,22,28H,6,13-14H2,1-5H3/b23-21-. The van der Waals surface area contributed by atoms with Gasteiger partial charge in [0.15, 0.2) is 0 Å². The van der Waals surface area contributed by atoms with E-state index < -0.39 is 17.7 Å². The second-order valence-corrected chi connectivity index (χ2v) is 7.98. The largest absolute Gasteiger partial charge is 0.507 e. The van der Waals surface area contributed by atoms with Crippen molar-refractivity contribution in [2.45, 2.75) is 19.9 Å². The molecule has 1 fully saturated rings. The molecule has 7 heteroatoms. The summed E-state index contributed by atoms with van der Waals surface area (Å²) in [7, 11) is 5.39. The SMILES string of the molecule is CCOc1ccc(/C(O)=C2/C(=O)C(=O)N(CCN(C)C)C2c2ccc(OC)cc2)c(C)c1. The molecule has 0 aliphatic carbocycles. The van der Waals surface area contributed by atoms with Crippen molar-refractivity contribution in [2.24, 2.45) is 0 Å². The lowest BCUT2D eigenvalue weighted by molar-refractivity contribution is -0.140. The Bertz CT molecular complexity index is 1030. The minimum Gasteiger partial charge on any atom is -0.507 e. The molecule has 0 spiro atoms. The van der Waals surface area contributed by atoms with Gasteiger partial charge < -0.3 is 24.4 Å². The number of hydrogen-bond donors (Lipinski definition) is 1. The maximum atomic E-state index is 13.1. The predicted octanol–water partition coefficient (Wildman–Crippen LogP) is 3.39. The van der Waals surface area contributed by atoms with E-state index in [0.717, 1.165) is 11.1 Å². The van der Waals surface area contributed by atoms with Crippen molar-refractivity contribution < 1.29 is 24.2 Å². The van der Waals surface area contributed by atoms with Gasteiger partial charge in [-0.25, -0.2) is 0 Å². The number of aliphatic hydroxyl groups is 1. The Morgan fingerprint density at radius 2 is 1.75 bits per heavy atom. The van der Waals surface area contributed by atoms with Crippen LogP contribution in [0.15, 0.2) is 48.0 Å². The third-order valence-corrected chi connectivity index (χ3v) is 5.52. The van der Waals surface area contributed by atoms with Gasteiger partial charge in [-0.1, -0.05) is 12.1 Å². The van der Waals surface area contributed by atoms with Crippen LogP contribution in [0.25, 0.3) is 5.76 Å². The number of carbonyl (C=O) groups excluding carboxylic acids is 2. The van der Waals surface area contributed by atoms with Crippen LogP contribution in [0.2, 0.25) is 0 Å². The fourth-order valence-corrected chi connectivity index (χ4v) is 3.85. The van der Waals surface area contributed by atoms with E-state index in [4.69, 9.17) is 9.47 Å². The second kappa shape index (κ2) is 9.87. The van der Waals surface area contributed by atoms with Crippen molar-refractivity contribution in [3.8, 4) is 11.5 Å². The van der Waals surface area contributed by atoms with Crippen molar-refractivity contribution in [1.29, 1.82) is 0 Å². The van der Waals surface area contributed by atoms with Crippen LogP contribution in [0.1, 0.15) is 29.7 Å². The van der Waals surface area contributed by atoms with Crippen LogP contribution in [0.3, 0.4) is 0 Å². The van der Waals surface area contributed by atoms with Crippen molar-refractivity contribution in [3.63, 3.8) is 0 Å². The highest BCUT2D eigenvalue weighted by atomic mass is 16.5. The molecule has 170 valence electrons. The number of ether oxygens (including phenoxy) is 2. The Hall–Kier alpha value is -3.32. The van der Waals surface area contributed by atoms with Gasteiger partial charge in [-0.3, -0.25) is 9.59 Å². The van der Waals surface area contributed by atoms with E-state index in [1.54, 1.807) is 31.4 Å². The van der Waals surface area contributed by atoms with Crippen molar-refractivity contribution in [2.75, 3.05) is 40.9 Å². The Labute approximate surface area is 188 Å². The van der Waals surface area contributed by atoms with Crippen LogP contribution in [-0.4, -0.2) is 67.5 Å². The Kier molecular flexibility index (Phi) is 7.20. The van der Waals surface area contributed by atoms with E-state index in [-0.39, 0.29) is 11.3 Å². The topological polar surface area (TPSA) is 79.3 Å². The number of aryl methyl sites for hydroxylation is 1. The molecule has 7 nitrogen and oxygen atoms in total. The van der Waals surface area contributed by atoms with Gasteiger partial charge in [-0.05, 0) is 69.4 Å². The summed E-state index contributed by atoms with van der Waals surface area (Å²) in [6, 6.07) is 11.8. The number of hydrogen-bond acceptors (Lipinski definition) is 6. The molecule has 3 rings (SSSR count). The molecule has 1 saturated heterocycles. The zero-order valence-corrected chi connectivity index (χ0v) is 19.2. The molecule has 2 aromatic carbocycles. The monoisotopic (exact) mass is 438 g/mol. The maximum Gasteiger partial charge on any atom is 0.295 e. The first-order valence-corrected chi connectivity index (χ1v) is 10.6. The summed E-state index contributed by atoms with van der Waals surface area (Å²) in [5, 5.41) is 11.2. The van der Waals surface area contributed by atoms with Crippen LogP contribution >= 0.6 is 0 Å². The van der Waals surface area contributed by atoms with Gasteiger partial charge in [-0.15, -0.1) is 0 Å². The van der Waals surface area contributed by atoms with Gasteiger partial charge >= 0.3 is 0 Å². The zero-order chi connectivity index (χ0) is 23.4. The molecule has 0 bridgehead atoms. The molecule has 2 aromatic rings. The van der Waals surface area contributed by atoms with E-state index in [9.17, 15) is 14.7 Å². The van der Waals surface area contributed by atoms with Crippen LogP contribution in [0.5, 0.6) is 11.5 Å². The number of likely N-dealkylation sites (tertiary alicyclic amines) is 1. The maximum absolute atomic E-state index is 13.1. The number of ketones is 1. The first-order valence-electron chi connectivity index (χ1n) is 10.6. The molecule has 1 N–H and O–H groups in total. The summed E-state index contributed by atoms with van der Waals surface area (Å²) in [5.74, 6) is -0.133. The Morgan fingerprint density at radius 3 is 2.31 bits per heavy atom. The molecule has 1 aliphatic heterocycles. The third-order valence-electron chi connectivity index (χ3n) is 5.52. The second-order valence-electron chi connectivity index (χ2n) is 7.98. The number of benzene rings is 2. The molecule has 1 unspecified atom stereocenters. The molecular formula is C25H30N2O5. The number of amides is 1. The number of carbonyl (C=O) groups is 2. The summed E-state index contributed by atoms with van der Waals surface area (Å²) < 4.78 is 10.8. The third kappa shape index (κ3) is 4.62. The highest BCUT2D eigenvalue weighted by molar-refractivity contribution is 6.46. The highest BCUT2D eigenvalue weighted by Gasteiger charge is 2.46. The lowest BCUT2D eigenvalue weighted by atomic mass is 9.94. The van der Waals surface area contributed by atoms with Crippen LogP contribution in [0.4, 0.5) is 0 Å². The van der Waals surface area contributed by atoms with Crippen molar-refractivity contribution >= 4 is 17.4 Å². The molecule has 1 atom stereocenters. The lowest BCUT2D eigenvalue weighted by Crippen LogP contribution is -2.35. The molecule has 0 aromatic heterocycles. The van der Waals surface area contributed by atoms with Crippen LogP contribution in [0, 0.1) is 6.92 Å². The number of Topliss-reactive ketones (excluding diaryl/α,β-unsaturated/α-hetero) is 1. The number of aliphatic hydroxyl groups excluding tert-OH is 1. The minimum absolute atomic E-state index is 0.0891. The van der Waals surface area contributed by atoms with Crippen molar-refractivity contribution in [1.82, 2.24) is 9.80 Å². The molecule has 1 amide bonds. The van der Waals surface area contributed by atoms with E-state index >= 15 is 0 Å². The molecular weight excluding hydrogens is 408 g/mol. The average molecular weight is 439 g/mol. The lowest BCUT2D eigenvalue weighted by Gasteiger charge is -2.26. The summed E-state index contributed by atoms with van der Waals surface area (Å²) in [6.07, 6.45) is 0. The van der Waals surface area contributed by atoms with Gasteiger partial charge in [0.05, 0.1) is 25.3 Å². The zero-order valence-electron chi connectivity index (χ0n) is 19.2. The average Bonchev–Trinajstić information content (AvgIpc) is 3.02. The molecule has 0 saturated carbocycles. The highest BCUT2D eigenvalue weighted by Crippen LogP contribution is 2.40. The van der Waals surface area contributed by atoms with Crippen LogP contribution in [-0.2, 0) is 9.59 Å². The van der Waals surface area contributed by atoms with Gasteiger partial charge in [-0.2, -0.15) is 0 Å². The van der Waals surface area contributed by atoms with E-state index in [1.807, 2.05) is 51.0 Å². The Morgan fingerprint density at radius 1 is 1.09 bits per heavy atom. The normalized spacial score (nSPS) is 17.8. The molecule has 32 heavy (non-hydrogen) atoms. The van der Waals surface area contributed by atoms with Crippen LogP contribution < -0.4 is 9.47 Å². The summed E-state index contributed by atoms with van der Waals surface area (Å²) in [4.78, 5) is 29.5. The fourth-order valence-electron chi connectivity index (χ4n) is 3.85. The van der Waals surface area contributed by atoms with Gasteiger partial charge in [0, 0.05) is 18.7 Å². The molecule has 0 radical (unpaired) electrons. The van der Waals surface area contributed by atoms with Gasteiger partial charge in [0.2, 0.25) is 0 Å². The van der Waals surface area contributed by atoms with Crippen molar-refractivity contribution in [3.05, 3.63) is 64.7 Å². The Balaban J connectivity index is 2.13. The number of likely N-dealkylation sites (N-methyl/N-ethyl adjacent to an activating group) is 1. The number of nitrogens with zero attached hydrogens (tertiary/aromatic N) is 2. The quantitative estimate of drug-likeness (QED) is 0.387. The molecule has 1 heterocycles. The number of rotatable bonds is 8. The van der Waals surface area contributed by atoms with E-state index in [1.165, 1.54) is 4.90 Å². The van der Waals surface area contributed by atoms with E-state index in [0.29, 0.717) is 36.8 Å².